The average molecular weight is 455 g/mol. The number of hydrogen-bond acceptors (Lipinski definition) is 6. The maximum atomic E-state index is 13.5. The molecule has 3 aromatic rings. The summed E-state index contributed by atoms with van der Waals surface area (Å²) in [5.41, 5.74) is -0.268. The number of rotatable bonds is 8. The first-order chi connectivity index (χ1) is 15.9. The molecule has 1 unspecified atom stereocenters. The number of carbonyl (C=O) groups excluding carboxylic acids is 1. The van der Waals surface area contributed by atoms with Gasteiger partial charge in [0.2, 0.25) is 5.78 Å². The maximum absolute atomic E-state index is 13.5. The van der Waals surface area contributed by atoms with Gasteiger partial charge in [-0.15, -0.1) is 0 Å². The number of aliphatic hydroxyl groups is 1. The fourth-order valence-electron chi connectivity index (χ4n) is 3.77. The first-order valence-electron chi connectivity index (χ1n) is 10.4. The Bertz CT molecular complexity index is 1120. The minimum Gasteiger partial charge on any atom is -0.508 e. The van der Waals surface area contributed by atoms with E-state index < -0.39 is 23.3 Å². The fourth-order valence-corrected chi connectivity index (χ4v) is 3.77. The summed E-state index contributed by atoms with van der Waals surface area (Å²) in [5, 5.41) is 23.0. The van der Waals surface area contributed by atoms with Crippen LogP contribution in [0.3, 0.4) is 0 Å². The predicted molar refractivity (Wildman–Crippen MR) is 116 cm³/mol. The van der Waals surface area contributed by atoms with Crippen LogP contribution < -0.4 is 10.1 Å². The van der Waals surface area contributed by atoms with Gasteiger partial charge < -0.3 is 25.0 Å². The number of Topliss-reactive ketones (excluding diaryl/α,β-unsaturated/α-hetero) is 1. The number of phenolic OH excluding ortho intramolecular Hbond substituents is 1. The molecule has 1 heterocycles. The zero-order chi connectivity index (χ0) is 23.4. The highest BCUT2D eigenvalue weighted by Crippen LogP contribution is 2.38. The van der Waals surface area contributed by atoms with Crippen LogP contribution >= 0.6 is 0 Å². The predicted octanol–water partition coefficient (Wildman–Crippen LogP) is 3.31. The number of ether oxygens (including phenoxy) is 2. The Kier molecular flexibility index (Phi) is 6.69. The zero-order valence-electron chi connectivity index (χ0n) is 17.6. The highest BCUT2D eigenvalue weighted by Gasteiger charge is 2.47. The summed E-state index contributed by atoms with van der Waals surface area (Å²) in [6.07, 6.45) is -1.01. The first-order valence-corrected chi connectivity index (χ1v) is 10.4. The first kappa shape index (κ1) is 22.8. The Morgan fingerprint density at radius 1 is 1.06 bits per heavy atom. The minimum atomic E-state index is -1.51. The van der Waals surface area contributed by atoms with Crippen LogP contribution in [0.15, 0.2) is 66.7 Å². The van der Waals surface area contributed by atoms with Gasteiger partial charge in [0.05, 0.1) is 18.3 Å². The van der Waals surface area contributed by atoms with E-state index in [1.54, 1.807) is 36.4 Å². The van der Waals surface area contributed by atoms with Gasteiger partial charge in [0, 0.05) is 19.2 Å². The summed E-state index contributed by atoms with van der Waals surface area (Å²) in [5.74, 6) is -1.18. The number of fused-ring (bicyclic) bond motifs is 1. The molecular formula is C25H23F2NO5. The van der Waals surface area contributed by atoms with E-state index in [2.05, 4.69) is 5.32 Å². The van der Waals surface area contributed by atoms with Gasteiger partial charge in [-0.25, -0.2) is 8.78 Å². The number of aromatic hydroxyl groups is 1. The molecule has 172 valence electrons. The van der Waals surface area contributed by atoms with Gasteiger partial charge in [0.15, 0.2) is 5.60 Å². The van der Waals surface area contributed by atoms with Crippen molar-refractivity contribution in [1.29, 1.82) is 0 Å². The smallest absolute Gasteiger partial charge is 0.206 e. The normalized spacial score (nSPS) is 18.5. The molecule has 8 heteroatoms. The lowest BCUT2D eigenvalue weighted by Crippen LogP contribution is -2.49. The molecule has 0 spiro atoms. The lowest BCUT2D eigenvalue weighted by Gasteiger charge is -2.37. The number of aliphatic hydroxyl groups excluding tert-OH is 1. The van der Waals surface area contributed by atoms with Gasteiger partial charge in [-0.1, -0.05) is 24.3 Å². The molecule has 2 atom stereocenters. The summed E-state index contributed by atoms with van der Waals surface area (Å²) in [6, 6.07) is 16.1. The van der Waals surface area contributed by atoms with E-state index in [1.807, 2.05) is 0 Å². The second kappa shape index (κ2) is 9.66. The molecule has 0 bridgehead atoms. The van der Waals surface area contributed by atoms with Crippen molar-refractivity contribution in [3.63, 3.8) is 0 Å². The third-order valence-electron chi connectivity index (χ3n) is 5.42. The highest BCUT2D eigenvalue weighted by atomic mass is 19.1. The molecule has 6 nitrogen and oxygen atoms in total. The number of phenols is 1. The number of ketones is 1. The van der Waals surface area contributed by atoms with Crippen molar-refractivity contribution in [2.75, 3.05) is 19.8 Å². The van der Waals surface area contributed by atoms with Gasteiger partial charge in [-0.3, -0.25) is 4.79 Å². The second-order valence-corrected chi connectivity index (χ2v) is 7.86. The third kappa shape index (κ3) is 5.03. The van der Waals surface area contributed by atoms with Gasteiger partial charge in [0.25, 0.3) is 0 Å². The topological polar surface area (TPSA) is 88.0 Å². The molecule has 3 aromatic carbocycles. The molecule has 0 aromatic heterocycles. The van der Waals surface area contributed by atoms with Gasteiger partial charge in [-0.05, 0) is 47.5 Å². The maximum Gasteiger partial charge on any atom is 0.206 e. The molecule has 0 saturated heterocycles. The van der Waals surface area contributed by atoms with Crippen LogP contribution in [0.5, 0.6) is 11.5 Å². The molecule has 4 rings (SSSR count). The number of halogens is 2. The third-order valence-corrected chi connectivity index (χ3v) is 5.42. The summed E-state index contributed by atoms with van der Waals surface area (Å²) < 4.78 is 38.4. The summed E-state index contributed by atoms with van der Waals surface area (Å²) in [6.45, 7) is -0.0985. The highest BCUT2D eigenvalue weighted by molar-refractivity contribution is 6.06. The monoisotopic (exact) mass is 455 g/mol. The number of hydrogen-bond donors (Lipinski definition) is 3. The Morgan fingerprint density at radius 2 is 1.76 bits per heavy atom. The van der Waals surface area contributed by atoms with Crippen molar-refractivity contribution in [3.05, 3.63) is 95.1 Å². The Labute approximate surface area is 189 Å². The van der Waals surface area contributed by atoms with E-state index in [9.17, 15) is 23.8 Å². The standard InChI is InChI=1S/C25H23F2NO5/c26-18-9-16(10-19(27)11-18)12-28-13-21(30)14-33-25(17-5-7-20(29)8-6-17)15-32-23-4-2-1-3-22(23)24(25)31/h1-11,21,28-30H,12-15H2/t21-,25?/m1/s1. The minimum absolute atomic E-state index is 0.0384. The molecule has 0 fully saturated rings. The summed E-state index contributed by atoms with van der Waals surface area (Å²) in [7, 11) is 0. The molecular weight excluding hydrogens is 432 g/mol. The number of carbonyl (C=O) groups is 1. The molecule has 0 amide bonds. The zero-order valence-corrected chi connectivity index (χ0v) is 17.6. The Balaban J connectivity index is 1.46. The molecule has 0 radical (unpaired) electrons. The molecule has 33 heavy (non-hydrogen) atoms. The van der Waals surface area contributed by atoms with Crippen molar-refractivity contribution in [2.45, 2.75) is 18.2 Å². The molecule has 1 aliphatic rings. The van der Waals surface area contributed by atoms with Crippen LogP contribution in [-0.2, 0) is 16.9 Å². The summed E-state index contributed by atoms with van der Waals surface area (Å²) in [4.78, 5) is 13.5. The van der Waals surface area contributed by atoms with Gasteiger partial charge >= 0.3 is 0 Å². The second-order valence-electron chi connectivity index (χ2n) is 7.86. The van der Waals surface area contributed by atoms with Crippen molar-refractivity contribution >= 4 is 5.78 Å². The van der Waals surface area contributed by atoms with Crippen LogP contribution in [-0.4, -0.2) is 41.9 Å². The van der Waals surface area contributed by atoms with Crippen LogP contribution in [0.4, 0.5) is 8.78 Å². The fraction of sp³-hybridized carbons (Fsp3) is 0.240. The number of para-hydroxylation sites is 1. The molecule has 0 aliphatic carbocycles. The molecule has 3 N–H and O–H groups in total. The van der Waals surface area contributed by atoms with Crippen LogP contribution in [0.2, 0.25) is 0 Å². The summed E-state index contributed by atoms with van der Waals surface area (Å²) >= 11 is 0. The largest absolute Gasteiger partial charge is 0.508 e. The van der Waals surface area contributed by atoms with Crippen molar-refractivity contribution < 1.29 is 33.3 Å². The van der Waals surface area contributed by atoms with Crippen molar-refractivity contribution in [2.24, 2.45) is 0 Å². The molecule has 1 aliphatic heterocycles. The van der Waals surface area contributed by atoms with E-state index in [-0.39, 0.29) is 37.8 Å². The van der Waals surface area contributed by atoms with Gasteiger partial charge in [-0.2, -0.15) is 0 Å². The SMILES string of the molecule is O=C1c2ccccc2OCC1(OC[C@H](O)CNCc1cc(F)cc(F)c1)c1ccc(O)cc1. The average Bonchev–Trinajstić information content (AvgIpc) is 2.79. The van der Waals surface area contributed by atoms with E-state index in [0.717, 1.165) is 6.07 Å². The lowest BCUT2D eigenvalue weighted by molar-refractivity contribution is -0.0855. The van der Waals surface area contributed by atoms with Crippen LogP contribution in [0, 0.1) is 11.6 Å². The lowest BCUT2D eigenvalue weighted by atomic mass is 9.84. The van der Waals surface area contributed by atoms with E-state index in [0.29, 0.717) is 22.4 Å². The van der Waals surface area contributed by atoms with Gasteiger partial charge in [0.1, 0.15) is 29.7 Å². The van der Waals surface area contributed by atoms with Crippen LogP contribution in [0.25, 0.3) is 0 Å². The quantitative estimate of drug-likeness (QED) is 0.483. The number of nitrogens with one attached hydrogen (secondary N) is 1. The molecule has 0 saturated carbocycles. The van der Waals surface area contributed by atoms with E-state index >= 15 is 0 Å². The Hall–Kier alpha value is -3.33. The van der Waals surface area contributed by atoms with E-state index in [4.69, 9.17) is 9.47 Å². The van der Waals surface area contributed by atoms with Crippen molar-refractivity contribution in [3.8, 4) is 11.5 Å². The Morgan fingerprint density at radius 3 is 2.48 bits per heavy atom. The van der Waals surface area contributed by atoms with E-state index in [1.165, 1.54) is 24.3 Å². The van der Waals surface area contributed by atoms with Crippen molar-refractivity contribution in [1.82, 2.24) is 5.32 Å². The van der Waals surface area contributed by atoms with Crippen LogP contribution in [0.1, 0.15) is 21.5 Å². The number of benzene rings is 3.